The zero-order valence-corrected chi connectivity index (χ0v) is 21.2. The van der Waals surface area contributed by atoms with Gasteiger partial charge in [0.25, 0.3) is 5.91 Å². The van der Waals surface area contributed by atoms with E-state index in [4.69, 9.17) is 4.74 Å². The number of carbonyl (C=O) groups is 3. The second-order valence-corrected chi connectivity index (χ2v) is 9.23. The van der Waals surface area contributed by atoms with Gasteiger partial charge in [-0.1, -0.05) is 32.0 Å². The number of nitrogens with one attached hydrogen (secondary N) is 2. The van der Waals surface area contributed by atoms with Crippen molar-refractivity contribution in [1.82, 2.24) is 15.2 Å². The maximum Gasteiger partial charge on any atom is 0.305 e. The Morgan fingerprint density at radius 1 is 1.00 bits per heavy atom. The van der Waals surface area contributed by atoms with Crippen molar-refractivity contribution in [2.24, 2.45) is 13.0 Å². The van der Waals surface area contributed by atoms with Crippen LogP contribution < -0.4 is 15.4 Å². The molecule has 2 unspecified atom stereocenters. The van der Waals surface area contributed by atoms with Crippen molar-refractivity contribution in [2.45, 2.75) is 38.5 Å². The molecule has 2 amide bonds. The summed E-state index contributed by atoms with van der Waals surface area (Å²) < 4.78 is 61.0. The van der Waals surface area contributed by atoms with E-state index in [-0.39, 0.29) is 11.8 Å². The van der Waals surface area contributed by atoms with Crippen molar-refractivity contribution >= 4 is 28.7 Å². The fraction of sp³-hybridized carbons (Fsp3) is 0.346. The van der Waals surface area contributed by atoms with Gasteiger partial charge in [0.1, 0.15) is 24.4 Å². The molecule has 1 heterocycles. The number of hydrogen-bond acceptors (Lipinski definition) is 5. The Kier molecular flexibility index (Phi) is 9.17. The summed E-state index contributed by atoms with van der Waals surface area (Å²) in [5, 5.41) is 25.4. The summed E-state index contributed by atoms with van der Waals surface area (Å²) in [5.41, 5.74) is 1.04. The molecule has 39 heavy (non-hydrogen) atoms. The van der Waals surface area contributed by atoms with Crippen LogP contribution in [0.15, 0.2) is 36.4 Å². The van der Waals surface area contributed by atoms with Gasteiger partial charge in [-0.25, -0.2) is 8.78 Å². The largest absolute Gasteiger partial charge is 0.485 e. The molecule has 210 valence electrons. The number of para-hydroxylation sites is 1. The lowest BCUT2D eigenvalue weighted by molar-refractivity contribution is -0.139. The molecule has 0 aliphatic heterocycles. The van der Waals surface area contributed by atoms with Gasteiger partial charge in [0.05, 0.1) is 12.5 Å². The summed E-state index contributed by atoms with van der Waals surface area (Å²) in [7, 11) is 1.68. The Balaban J connectivity index is 1.75. The third-order valence-corrected chi connectivity index (χ3v) is 6.08. The first-order valence-corrected chi connectivity index (χ1v) is 11.8. The molecular weight excluding hydrogens is 526 g/mol. The first-order chi connectivity index (χ1) is 18.3. The van der Waals surface area contributed by atoms with E-state index in [1.165, 1.54) is 0 Å². The molecule has 0 aliphatic rings. The zero-order chi connectivity index (χ0) is 29.0. The first-order valence-electron chi connectivity index (χ1n) is 11.8. The van der Waals surface area contributed by atoms with E-state index in [0.29, 0.717) is 0 Å². The molecule has 4 N–H and O–H groups in total. The van der Waals surface area contributed by atoms with Gasteiger partial charge >= 0.3 is 5.97 Å². The van der Waals surface area contributed by atoms with Crippen molar-refractivity contribution in [3.05, 3.63) is 65.4 Å². The normalized spacial score (nSPS) is 13.7. The number of aryl methyl sites for hydroxylation is 1. The highest BCUT2D eigenvalue weighted by Gasteiger charge is 2.32. The van der Waals surface area contributed by atoms with E-state index in [2.05, 4.69) is 10.6 Å². The van der Waals surface area contributed by atoms with Crippen molar-refractivity contribution in [2.75, 3.05) is 6.61 Å². The molecule has 1 aromatic heterocycles. The fourth-order valence-corrected chi connectivity index (χ4v) is 3.96. The number of halogens is 4. The van der Waals surface area contributed by atoms with Crippen molar-refractivity contribution < 1.29 is 46.9 Å². The number of ether oxygens (including phenoxy) is 1. The molecule has 3 rings (SSSR count). The lowest BCUT2D eigenvalue weighted by Gasteiger charge is -2.27. The lowest BCUT2D eigenvalue weighted by atomic mass is 10.0. The summed E-state index contributed by atoms with van der Waals surface area (Å²) in [4.78, 5) is 37.5. The van der Waals surface area contributed by atoms with Gasteiger partial charge in [-0.15, -0.1) is 0 Å². The molecule has 0 aliphatic carbocycles. The Labute approximate surface area is 220 Å². The molecule has 3 atom stereocenters. The average Bonchev–Trinajstić information content (AvgIpc) is 3.21. The highest BCUT2D eigenvalue weighted by molar-refractivity contribution is 6.00. The summed E-state index contributed by atoms with van der Waals surface area (Å²) in [6.45, 7) is 2.23. The number of carbonyl (C=O) groups excluding carboxylic acids is 2. The van der Waals surface area contributed by atoms with Gasteiger partial charge in [0, 0.05) is 24.0 Å². The van der Waals surface area contributed by atoms with Crippen LogP contribution in [0.2, 0.25) is 0 Å². The highest BCUT2D eigenvalue weighted by Crippen LogP contribution is 2.27. The number of nitrogens with zero attached hydrogens (tertiary/aromatic N) is 1. The topological polar surface area (TPSA) is 130 Å². The smallest absolute Gasteiger partial charge is 0.305 e. The SMILES string of the molecule is CC(C)[C@H](NC(=O)c1cc2ccccc2n1C)C(=O)NC(CC(=O)O)C(O)COc1c(F)c(F)cc(F)c1F. The summed E-state index contributed by atoms with van der Waals surface area (Å²) in [5.74, 6) is -12.0. The number of fused-ring (bicyclic) bond motifs is 1. The maximum absolute atomic E-state index is 13.9. The van der Waals surface area contributed by atoms with E-state index >= 15 is 0 Å². The standard InChI is InChI=1S/C26H27F4N3O6/c1-12(2)23(32-25(37)18-8-13-6-4-5-7-17(13)33(18)3)26(38)31-16(10-20(35)36)19(34)11-39-24-21(29)14(27)9-15(28)22(24)30/h4-9,12,16,19,23,34H,10-11H2,1-3H3,(H,31,38)(H,32,37)(H,35,36)/t16?,19?,23-/m0/s1. The van der Waals surface area contributed by atoms with E-state index in [1.54, 1.807) is 43.7 Å². The molecule has 0 radical (unpaired) electrons. The van der Waals surface area contributed by atoms with E-state index < -0.39 is 83.9 Å². The molecule has 0 spiro atoms. The Bertz CT molecular complexity index is 1370. The predicted octanol–water partition coefficient (Wildman–Crippen LogP) is 2.89. The summed E-state index contributed by atoms with van der Waals surface area (Å²) in [6, 6.07) is 6.12. The number of aromatic nitrogens is 1. The quantitative estimate of drug-likeness (QED) is 0.214. The Morgan fingerprint density at radius 3 is 2.18 bits per heavy atom. The molecular formula is C26H27F4N3O6. The van der Waals surface area contributed by atoms with Crippen LogP contribution in [-0.4, -0.2) is 57.4 Å². The van der Waals surface area contributed by atoms with Crippen LogP contribution in [0, 0.1) is 29.2 Å². The number of carboxylic acids is 1. The molecule has 9 nitrogen and oxygen atoms in total. The van der Waals surface area contributed by atoms with E-state index in [1.807, 2.05) is 12.1 Å². The minimum atomic E-state index is -1.88. The number of aliphatic carboxylic acids is 1. The van der Waals surface area contributed by atoms with Crippen LogP contribution in [0.1, 0.15) is 30.8 Å². The van der Waals surface area contributed by atoms with Crippen molar-refractivity contribution in [3.63, 3.8) is 0 Å². The molecule has 0 saturated carbocycles. The maximum atomic E-state index is 13.9. The second kappa shape index (κ2) is 12.2. The molecule has 2 aromatic carbocycles. The average molecular weight is 554 g/mol. The van der Waals surface area contributed by atoms with Gasteiger partial charge in [-0.2, -0.15) is 8.78 Å². The molecule has 3 aromatic rings. The number of hydrogen-bond donors (Lipinski definition) is 4. The van der Waals surface area contributed by atoms with Gasteiger partial charge in [0.2, 0.25) is 17.5 Å². The molecule has 0 fully saturated rings. The molecule has 0 bridgehead atoms. The number of aliphatic hydroxyl groups excluding tert-OH is 1. The lowest BCUT2D eigenvalue weighted by Crippen LogP contribution is -2.55. The predicted molar refractivity (Wildman–Crippen MR) is 131 cm³/mol. The second-order valence-electron chi connectivity index (χ2n) is 9.23. The Morgan fingerprint density at radius 2 is 1.62 bits per heavy atom. The minimum absolute atomic E-state index is 0.0279. The van der Waals surface area contributed by atoms with E-state index in [0.717, 1.165) is 10.9 Å². The number of carboxylic acid groups (broad SMARTS) is 1. The van der Waals surface area contributed by atoms with Crippen LogP contribution in [0.5, 0.6) is 5.75 Å². The van der Waals surface area contributed by atoms with Gasteiger partial charge in [-0.3, -0.25) is 14.4 Å². The summed E-state index contributed by atoms with van der Waals surface area (Å²) >= 11 is 0. The van der Waals surface area contributed by atoms with Crippen LogP contribution >= 0.6 is 0 Å². The van der Waals surface area contributed by atoms with Gasteiger partial charge in [-0.05, 0) is 18.1 Å². The highest BCUT2D eigenvalue weighted by atomic mass is 19.2. The molecule has 13 heteroatoms. The number of rotatable bonds is 11. The van der Waals surface area contributed by atoms with Crippen molar-refractivity contribution in [3.8, 4) is 5.75 Å². The van der Waals surface area contributed by atoms with Gasteiger partial charge < -0.3 is 30.2 Å². The van der Waals surface area contributed by atoms with Crippen LogP contribution in [0.25, 0.3) is 10.9 Å². The number of benzene rings is 2. The summed E-state index contributed by atoms with van der Waals surface area (Å²) in [6.07, 6.45) is -2.72. The van der Waals surface area contributed by atoms with Crippen LogP contribution in [0.4, 0.5) is 17.6 Å². The number of aliphatic hydroxyl groups is 1. The monoisotopic (exact) mass is 553 g/mol. The fourth-order valence-electron chi connectivity index (χ4n) is 3.96. The Hall–Kier alpha value is -4.13. The van der Waals surface area contributed by atoms with Gasteiger partial charge in [0.15, 0.2) is 17.4 Å². The minimum Gasteiger partial charge on any atom is -0.485 e. The van der Waals surface area contributed by atoms with Crippen LogP contribution in [0.3, 0.4) is 0 Å². The van der Waals surface area contributed by atoms with Crippen LogP contribution in [-0.2, 0) is 16.6 Å². The number of amides is 2. The molecule has 0 saturated heterocycles. The first kappa shape index (κ1) is 29.4. The third kappa shape index (κ3) is 6.66. The third-order valence-electron chi connectivity index (χ3n) is 6.08. The zero-order valence-electron chi connectivity index (χ0n) is 21.2. The van der Waals surface area contributed by atoms with E-state index in [9.17, 15) is 42.2 Å². The van der Waals surface area contributed by atoms with Crippen molar-refractivity contribution in [1.29, 1.82) is 0 Å².